The molecule has 1 saturated heterocycles. The van der Waals surface area contributed by atoms with Crippen molar-refractivity contribution in [2.75, 3.05) is 6.54 Å². The van der Waals surface area contributed by atoms with Crippen molar-refractivity contribution in [3.63, 3.8) is 0 Å². The van der Waals surface area contributed by atoms with Crippen LogP contribution in [-0.4, -0.2) is 34.8 Å². The number of nitrogens with zero attached hydrogens (tertiary/aromatic N) is 1. The Balaban J connectivity index is 1.78. The minimum atomic E-state index is -0.892. The van der Waals surface area contributed by atoms with Crippen LogP contribution in [0.3, 0.4) is 0 Å². The second-order valence-electron chi connectivity index (χ2n) is 6.46. The van der Waals surface area contributed by atoms with Crippen LogP contribution in [0, 0.1) is 5.82 Å². The predicted octanol–water partition coefficient (Wildman–Crippen LogP) is 2.11. The number of halogens is 1. The third kappa shape index (κ3) is 4.10. The standard InChI is InChI=1S/C17H22FN3O3/c1-11(12-6-8-13(18)9-7-12)19-14(22)5-4-10-21-15(23)17(2,3)20-16(21)24/h6-9,11H,4-5,10H2,1-3H3,(H,19,22)(H,20,24). The zero-order valence-corrected chi connectivity index (χ0v) is 14.1. The largest absolute Gasteiger partial charge is 0.350 e. The highest BCUT2D eigenvalue weighted by atomic mass is 19.1. The summed E-state index contributed by atoms with van der Waals surface area (Å²) in [6.45, 7) is 5.30. The highest BCUT2D eigenvalue weighted by Crippen LogP contribution is 2.17. The second-order valence-corrected chi connectivity index (χ2v) is 6.46. The normalized spacial score (nSPS) is 17.6. The maximum absolute atomic E-state index is 12.9. The molecule has 0 aliphatic carbocycles. The van der Waals surface area contributed by atoms with Gasteiger partial charge in [-0.2, -0.15) is 0 Å². The summed E-state index contributed by atoms with van der Waals surface area (Å²) in [5.74, 6) is -0.792. The van der Waals surface area contributed by atoms with Crippen LogP contribution < -0.4 is 10.6 Å². The van der Waals surface area contributed by atoms with Crippen LogP contribution >= 0.6 is 0 Å². The first-order valence-electron chi connectivity index (χ1n) is 7.89. The highest BCUT2D eigenvalue weighted by molar-refractivity contribution is 6.06. The van der Waals surface area contributed by atoms with Crippen molar-refractivity contribution in [2.24, 2.45) is 0 Å². The minimum absolute atomic E-state index is 0.182. The van der Waals surface area contributed by atoms with Crippen molar-refractivity contribution < 1.29 is 18.8 Å². The van der Waals surface area contributed by atoms with Gasteiger partial charge in [0.1, 0.15) is 11.4 Å². The van der Waals surface area contributed by atoms with E-state index in [1.54, 1.807) is 26.0 Å². The molecule has 1 aliphatic rings. The molecule has 6 nitrogen and oxygen atoms in total. The molecular weight excluding hydrogens is 313 g/mol. The van der Waals surface area contributed by atoms with Gasteiger partial charge in [0, 0.05) is 13.0 Å². The lowest BCUT2D eigenvalue weighted by molar-refractivity contribution is -0.130. The summed E-state index contributed by atoms with van der Waals surface area (Å²) >= 11 is 0. The molecule has 7 heteroatoms. The van der Waals surface area contributed by atoms with Crippen LogP contribution in [0.15, 0.2) is 24.3 Å². The quantitative estimate of drug-likeness (QED) is 0.782. The maximum Gasteiger partial charge on any atom is 0.325 e. The number of rotatable bonds is 6. The molecule has 2 rings (SSSR count). The average molecular weight is 335 g/mol. The molecule has 1 aliphatic heterocycles. The number of carbonyl (C=O) groups is 3. The molecule has 130 valence electrons. The Morgan fingerprint density at radius 3 is 2.46 bits per heavy atom. The first-order valence-corrected chi connectivity index (χ1v) is 7.89. The van der Waals surface area contributed by atoms with Crippen molar-refractivity contribution in [1.82, 2.24) is 15.5 Å². The molecule has 0 saturated carbocycles. The smallest absolute Gasteiger partial charge is 0.325 e. The average Bonchev–Trinajstić information content (AvgIpc) is 2.69. The Morgan fingerprint density at radius 2 is 1.92 bits per heavy atom. The molecule has 4 amide bonds. The van der Waals surface area contributed by atoms with Gasteiger partial charge in [0.15, 0.2) is 0 Å². The fraction of sp³-hybridized carbons (Fsp3) is 0.471. The van der Waals surface area contributed by atoms with E-state index in [2.05, 4.69) is 10.6 Å². The van der Waals surface area contributed by atoms with Crippen molar-refractivity contribution in [3.05, 3.63) is 35.6 Å². The number of benzene rings is 1. The van der Waals surface area contributed by atoms with Gasteiger partial charge in [0.05, 0.1) is 6.04 Å². The second kappa shape index (κ2) is 6.98. The van der Waals surface area contributed by atoms with Gasteiger partial charge in [-0.15, -0.1) is 0 Å². The summed E-state index contributed by atoms with van der Waals surface area (Å²) in [7, 11) is 0. The number of nitrogens with one attached hydrogen (secondary N) is 2. The molecule has 0 aromatic heterocycles. The van der Waals surface area contributed by atoms with Crippen LogP contribution in [0.4, 0.5) is 9.18 Å². The monoisotopic (exact) mass is 335 g/mol. The van der Waals surface area contributed by atoms with E-state index >= 15 is 0 Å². The molecular formula is C17H22FN3O3. The van der Waals surface area contributed by atoms with Crippen LogP contribution in [0.2, 0.25) is 0 Å². The van der Waals surface area contributed by atoms with Gasteiger partial charge < -0.3 is 10.6 Å². The molecule has 0 bridgehead atoms. The first kappa shape index (κ1) is 17.9. The van der Waals surface area contributed by atoms with E-state index in [0.29, 0.717) is 6.42 Å². The van der Waals surface area contributed by atoms with E-state index in [4.69, 9.17) is 0 Å². The SMILES string of the molecule is CC(NC(=O)CCCN1C(=O)NC(C)(C)C1=O)c1ccc(F)cc1. The Bertz CT molecular complexity index is 643. The zero-order chi connectivity index (χ0) is 17.9. The lowest BCUT2D eigenvalue weighted by Crippen LogP contribution is -2.40. The zero-order valence-electron chi connectivity index (χ0n) is 14.1. The van der Waals surface area contributed by atoms with Crippen LogP contribution in [-0.2, 0) is 9.59 Å². The van der Waals surface area contributed by atoms with Gasteiger partial charge in [-0.25, -0.2) is 9.18 Å². The Labute approximate surface area is 140 Å². The van der Waals surface area contributed by atoms with Gasteiger partial charge in [0.2, 0.25) is 5.91 Å². The summed E-state index contributed by atoms with van der Waals surface area (Å²) in [5, 5.41) is 5.41. The van der Waals surface area contributed by atoms with E-state index in [9.17, 15) is 18.8 Å². The van der Waals surface area contributed by atoms with Gasteiger partial charge in [0.25, 0.3) is 5.91 Å². The third-order valence-electron chi connectivity index (χ3n) is 3.98. The Kier molecular flexibility index (Phi) is 5.21. The highest BCUT2D eigenvalue weighted by Gasteiger charge is 2.43. The molecule has 1 aromatic carbocycles. The van der Waals surface area contributed by atoms with Crippen LogP contribution in [0.5, 0.6) is 0 Å². The van der Waals surface area contributed by atoms with Gasteiger partial charge in [-0.3, -0.25) is 14.5 Å². The van der Waals surface area contributed by atoms with E-state index < -0.39 is 11.6 Å². The van der Waals surface area contributed by atoms with Crippen LogP contribution in [0.25, 0.3) is 0 Å². The summed E-state index contributed by atoms with van der Waals surface area (Å²) in [4.78, 5) is 36.8. The number of carbonyl (C=O) groups excluding carboxylic acids is 3. The number of hydrogen-bond acceptors (Lipinski definition) is 3. The number of urea groups is 1. The van der Waals surface area contributed by atoms with Crippen molar-refractivity contribution in [3.8, 4) is 0 Å². The van der Waals surface area contributed by atoms with Gasteiger partial charge in [-0.05, 0) is 44.9 Å². The lowest BCUT2D eigenvalue weighted by atomic mass is 10.1. The molecule has 1 heterocycles. The van der Waals surface area contributed by atoms with Crippen molar-refractivity contribution >= 4 is 17.8 Å². The molecule has 1 atom stereocenters. The summed E-state index contributed by atoms with van der Waals surface area (Å²) in [5.41, 5.74) is -0.0863. The fourth-order valence-corrected chi connectivity index (χ4v) is 2.57. The fourth-order valence-electron chi connectivity index (χ4n) is 2.57. The number of amides is 4. The predicted molar refractivity (Wildman–Crippen MR) is 86.5 cm³/mol. The first-order chi connectivity index (χ1) is 11.2. The molecule has 2 N–H and O–H groups in total. The molecule has 1 unspecified atom stereocenters. The molecule has 0 radical (unpaired) electrons. The summed E-state index contributed by atoms with van der Waals surface area (Å²) in [6.07, 6.45) is 0.584. The molecule has 0 spiro atoms. The minimum Gasteiger partial charge on any atom is -0.350 e. The topological polar surface area (TPSA) is 78.5 Å². The van der Waals surface area contributed by atoms with E-state index in [0.717, 1.165) is 10.5 Å². The van der Waals surface area contributed by atoms with E-state index in [-0.39, 0.29) is 36.6 Å². The maximum atomic E-state index is 12.9. The van der Waals surface area contributed by atoms with Crippen molar-refractivity contribution in [2.45, 2.75) is 45.2 Å². The molecule has 1 aromatic rings. The third-order valence-corrected chi connectivity index (χ3v) is 3.98. The summed E-state index contributed by atoms with van der Waals surface area (Å²) < 4.78 is 12.9. The summed E-state index contributed by atoms with van der Waals surface area (Å²) in [6, 6.07) is 5.26. The molecule has 24 heavy (non-hydrogen) atoms. The van der Waals surface area contributed by atoms with Crippen LogP contribution in [0.1, 0.15) is 45.2 Å². The molecule has 1 fully saturated rings. The van der Waals surface area contributed by atoms with Crippen molar-refractivity contribution in [1.29, 1.82) is 0 Å². The number of imide groups is 1. The van der Waals surface area contributed by atoms with Gasteiger partial charge in [-0.1, -0.05) is 12.1 Å². The van der Waals surface area contributed by atoms with E-state index in [1.165, 1.54) is 12.1 Å². The Hall–Kier alpha value is -2.44. The number of hydrogen-bond donors (Lipinski definition) is 2. The Morgan fingerprint density at radius 1 is 1.29 bits per heavy atom. The lowest BCUT2D eigenvalue weighted by Gasteiger charge is -2.17. The van der Waals surface area contributed by atoms with E-state index in [1.807, 2.05) is 6.92 Å². The van der Waals surface area contributed by atoms with Gasteiger partial charge >= 0.3 is 6.03 Å².